The lowest BCUT2D eigenvalue weighted by Crippen LogP contribution is -2.30. The molecular weight excluding hydrogens is 387 g/mol. The predicted octanol–water partition coefficient (Wildman–Crippen LogP) is 2.69. The van der Waals surface area contributed by atoms with Crippen molar-refractivity contribution in [3.63, 3.8) is 0 Å². The van der Waals surface area contributed by atoms with Gasteiger partial charge in [-0.15, -0.1) is 0 Å². The number of sulfone groups is 1. The number of rotatable bonds is 5. The Morgan fingerprint density at radius 3 is 2.15 bits per heavy atom. The molecule has 27 heavy (non-hydrogen) atoms. The number of carbonyl (C=O) groups excluding carboxylic acids is 2. The van der Waals surface area contributed by atoms with Crippen molar-refractivity contribution in [1.29, 1.82) is 0 Å². The van der Waals surface area contributed by atoms with Gasteiger partial charge in [-0.05, 0) is 43.3 Å². The summed E-state index contributed by atoms with van der Waals surface area (Å²) in [6.45, 7) is 1.19. The zero-order valence-electron chi connectivity index (χ0n) is 14.1. The van der Waals surface area contributed by atoms with Crippen LogP contribution in [0.15, 0.2) is 41.3 Å². The van der Waals surface area contributed by atoms with Crippen LogP contribution in [0.25, 0.3) is 0 Å². The average molecular weight is 401 g/mol. The third kappa shape index (κ3) is 4.85. The minimum absolute atomic E-state index is 0.00125. The van der Waals surface area contributed by atoms with E-state index in [0.29, 0.717) is 6.07 Å². The van der Waals surface area contributed by atoms with Crippen LogP contribution in [-0.2, 0) is 19.4 Å². The second kappa shape index (κ2) is 7.78. The van der Waals surface area contributed by atoms with Crippen molar-refractivity contribution in [2.45, 2.75) is 17.9 Å². The van der Waals surface area contributed by atoms with E-state index in [-0.39, 0.29) is 10.5 Å². The Morgan fingerprint density at radius 2 is 1.59 bits per heavy atom. The van der Waals surface area contributed by atoms with E-state index in [4.69, 9.17) is 4.74 Å². The van der Waals surface area contributed by atoms with Crippen LogP contribution >= 0.6 is 0 Å². The molecule has 0 heterocycles. The molecule has 1 unspecified atom stereocenters. The Bertz CT molecular complexity index is 990. The number of carbonyl (C=O) groups is 2. The van der Waals surface area contributed by atoms with Gasteiger partial charge in [-0.25, -0.2) is 26.4 Å². The molecule has 0 aromatic heterocycles. The van der Waals surface area contributed by atoms with E-state index in [1.165, 1.54) is 31.2 Å². The highest BCUT2D eigenvalue weighted by Crippen LogP contribution is 2.20. The van der Waals surface area contributed by atoms with Crippen LogP contribution in [0.4, 0.5) is 18.9 Å². The smallest absolute Gasteiger partial charge is 0.338 e. The molecule has 144 valence electrons. The van der Waals surface area contributed by atoms with Crippen molar-refractivity contribution >= 4 is 27.4 Å². The number of benzene rings is 2. The molecule has 0 aliphatic carbocycles. The minimum Gasteiger partial charge on any atom is -0.449 e. The normalized spacial score (nSPS) is 12.3. The van der Waals surface area contributed by atoms with Gasteiger partial charge in [0.2, 0.25) is 0 Å². The molecular formula is C17H14F3NO5S. The maximum atomic E-state index is 13.6. The van der Waals surface area contributed by atoms with Crippen molar-refractivity contribution in [3.8, 4) is 0 Å². The predicted molar refractivity (Wildman–Crippen MR) is 89.4 cm³/mol. The van der Waals surface area contributed by atoms with Gasteiger partial charge in [-0.3, -0.25) is 4.79 Å². The van der Waals surface area contributed by atoms with Gasteiger partial charge in [0.25, 0.3) is 5.91 Å². The molecule has 6 nitrogen and oxygen atoms in total. The van der Waals surface area contributed by atoms with E-state index < -0.39 is 51.0 Å². The molecule has 2 aromatic rings. The highest BCUT2D eigenvalue weighted by atomic mass is 32.2. The Kier molecular flexibility index (Phi) is 5.89. The molecule has 0 saturated heterocycles. The molecule has 0 aliphatic rings. The molecule has 0 fully saturated rings. The first-order valence-electron chi connectivity index (χ1n) is 7.46. The highest BCUT2D eigenvalue weighted by Gasteiger charge is 2.22. The summed E-state index contributed by atoms with van der Waals surface area (Å²) in [5.41, 5.74) is -0.625. The van der Waals surface area contributed by atoms with E-state index in [1.807, 2.05) is 5.32 Å². The van der Waals surface area contributed by atoms with E-state index in [0.717, 1.165) is 12.3 Å². The largest absolute Gasteiger partial charge is 0.449 e. The Labute approximate surface area is 152 Å². The number of hydrogen-bond acceptors (Lipinski definition) is 5. The number of ether oxygens (including phenoxy) is 1. The summed E-state index contributed by atoms with van der Waals surface area (Å²) in [5.74, 6) is -6.64. The van der Waals surface area contributed by atoms with Crippen LogP contribution in [-0.4, -0.2) is 32.7 Å². The van der Waals surface area contributed by atoms with Gasteiger partial charge >= 0.3 is 5.97 Å². The molecule has 0 bridgehead atoms. The molecule has 2 aromatic carbocycles. The maximum absolute atomic E-state index is 13.6. The fraction of sp³-hybridized carbons (Fsp3) is 0.176. The molecule has 0 aliphatic heterocycles. The molecule has 1 N–H and O–H groups in total. The van der Waals surface area contributed by atoms with E-state index >= 15 is 0 Å². The summed E-state index contributed by atoms with van der Waals surface area (Å²) in [6.07, 6.45) is -0.385. The first-order chi connectivity index (χ1) is 12.5. The van der Waals surface area contributed by atoms with Crippen molar-refractivity contribution in [3.05, 3.63) is 59.4 Å². The van der Waals surface area contributed by atoms with E-state index in [2.05, 4.69) is 0 Å². The fourth-order valence-corrected chi connectivity index (χ4v) is 2.61. The van der Waals surface area contributed by atoms with E-state index in [9.17, 15) is 31.2 Å². The fourth-order valence-electron chi connectivity index (χ4n) is 1.98. The van der Waals surface area contributed by atoms with E-state index in [1.54, 1.807) is 0 Å². The third-order valence-electron chi connectivity index (χ3n) is 3.46. The topological polar surface area (TPSA) is 89.5 Å². The van der Waals surface area contributed by atoms with Gasteiger partial charge in [0.05, 0.1) is 16.1 Å². The minimum atomic E-state index is -3.44. The van der Waals surface area contributed by atoms with Crippen molar-refractivity contribution in [1.82, 2.24) is 0 Å². The van der Waals surface area contributed by atoms with Gasteiger partial charge in [-0.1, -0.05) is 0 Å². The first-order valence-corrected chi connectivity index (χ1v) is 9.35. The van der Waals surface area contributed by atoms with Gasteiger partial charge < -0.3 is 10.1 Å². The highest BCUT2D eigenvalue weighted by molar-refractivity contribution is 7.90. The molecule has 0 spiro atoms. The summed E-state index contributed by atoms with van der Waals surface area (Å²) in [7, 11) is -3.44. The van der Waals surface area contributed by atoms with Crippen LogP contribution in [0, 0.1) is 17.5 Å². The summed E-state index contributed by atoms with van der Waals surface area (Å²) < 4.78 is 67.3. The van der Waals surface area contributed by atoms with Crippen LogP contribution < -0.4 is 5.32 Å². The van der Waals surface area contributed by atoms with Crippen molar-refractivity contribution < 1.29 is 35.9 Å². The summed E-state index contributed by atoms with van der Waals surface area (Å²) in [5, 5.41) is 1.99. The van der Waals surface area contributed by atoms with Crippen LogP contribution in [0.5, 0.6) is 0 Å². The molecule has 10 heteroatoms. The lowest BCUT2D eigenvalue weighted by atomic mass is 10.2. The summed E-state index contributed by atoms with van der Waals surface area (Å²) in [4.78, 5) is 24.0. The SMILES string of the molecule is CC(OC(=O)c1ccc(S(C)(=O)=O)cc1)C(=O)Nc1ccc(F)c(F)c1F. The van der Waals surface area contributed by atoms with Crippen LogP contribution in [0.3, 0.4) is 0 Å². The number of nitrogens with one attached hydrogen (secondary N) is 1. The number of anilines is 1. The second-order valence-corrected chi connectivity index (χ2v) is 7.57. The average Bonchev–Trinajstić information content (AvgIpc) is 2.61. The Balaban J connectivity index is 2.06. The Hall–Kier alpha value is -2.88. The Morgan fingerprint density at radius 1 is 1.00 bits per heavy atom. The maximum Gasteiger partial charge on any atom is 0.338 e. The molecule has 2 rings (SSSR count). The number of esters is 1. The van der Waals surface area contributed by atoms with Crippen molar-refractivity contribution in [2.24, 2.45) is 0 Å². The third-order valence-corrected chi connectivity index (χ3v) is 4.59. The molecule has 1 amide bonds. The first kappa shape index (κ1) is 20.4. The lowest BCUT2D eigenvalue weighted by Gasteiger charge is -2.14. The van der Waals surface area contributed by atoms with Gasteiger partial charge in [0.15, 0.2) is 33.4 Å². The monoisotopic (exact) mass is 401 g/mol. The number of halogens is 3. The zero-order valence-corrected chi connectivity index (χ0v) is 14.9. The second-order valence-electron chi connectivity index (χ2n) is 5.56. The zero-order chi connectivity index (χ0) is 20.4. The number of amides is 1. The van der Waals surface area contributed by atoms with Crippen molar-refractivity contribution in [2.75, 3.05) is 11.6 Å². The molecule has 0 saturated carbocycles. The molecule has 1 atom stereocenters. The number of hydrogen-bond donors (Lipinski definition) is 1. The van der Waals surface area contributed by atoms with Gasteiger partial charge in [0, 0.05) is 6.26 Å². The standard InChI is InChI=1S/C17H14F3NO5S/c1-9(16(22)21-13-8-7-12(18)14(19)15(13)20)26-17(23)10-3-5-11(6-4-10)27(2,24)25/h3-9H,1-2H3,(H,21,22). The summed E-state index contributed by atoms with van der Waals surface area (Å²) >= 11 is 0. The van der Waals surface area contributed by atoms with Gasteiger partial charge in [-0.2, -0.15) is 0 Å². The lowest BCUT2D eigenvalue weighted by molar-refractivity contribution is -0.123. The van der Waals surface area contributed by atoms with Gasteiger partial charge in [0.1, 0.15) is 0 Å². The van der Waals surface area contributed by atoms with Crippen LogP contribution in [0.1, 0.15) is 17.3 Å². The molecule has 0 radical (unpaired) electrons. The van der Waals surface area contributed by atoms with Crippen LogP contribution in [0.2, 0.25) is 0 Å². The quantitative estimate of drug-likeness (QED) is 0.615. The summed E-state index contributed by atoms with van der Waals surface area (Å²) in [6, 6.07) is 6.27.